The monoisotopic (exact) mass is 258 g/mol. The molecule has 0 aliphatic rings. The zero-order valence-electron chi connectivity index (χ0n) is 9.97. The maximum absolute atomic E-state index is 12.9. The number of para-hydroxylation sites is 1. The van der Waals surface area contributed by atoms with Gasteiger partial charge in [0.15, 0.2) is 5.58 Å². The van der Waals surface area contributed by atoms with Crippen molar-refractivity contribution in [3.8, 4) is 0 Å². The summed E-state index contributed by atoms with van der Waals surface area (Å²) in [5.41, 5.74) is 8.16. The van der Waals surface area contributed by atoms with Gasteiger partial charge in [-0.15, -0.1) is 0 Å². The molecule has 3 rings (SSSR count). The van der Waals surface area contributed by atoms with Gasteiger partial charge in [0.25, 0.3) is 0 Å². The minimum Gasteiger partial charge on any atom is -0.408 e. The number of oxazole rings is 1. The molecule has 0 saturated carbocycles. The van der Waals surface area contributed by atoms with E-state index >= 15 is 0 Å². The van der Waals surface area contributed by atoms with E-state index in [2.05, 4.69) is 0 Å². The van der Waals surface area contributed by atoms with Crippen LogP contribution in [-0.2, 0) is 6.54 Å². The van der Waals surface area contributed by atoms with Crippen molar-refractivity contribution in [2.24, 2.45) is 0 Å². The zero-order valence-corrected chi connectivity index (χ0v) is 9.97. The predicted molar refractivity (Wildman–Crippen MR) is 70.4 cm³/mol. The molecular weight excluding hydrogens is 247 g/mol. The summed E-state index contributed by atoms with van der Waals surface area (Å²) in [5, 5.41) is 0. The Balaban J connectivity index is 2.12. The highest BCUT2D eigenvalue weighted by Crippen LogP contribution is 2.20. The quantitative estimate of drug-likeness (QED) is 0.718. The lowest BCUT2D eigenvalue weighted by atomic mass is 10.2. The first-order chi connectivity index (χ1) is 9.15. The van der Waals surface area contributed by atoms with E-state index < -0.39 is 5.76 Å². The topological polar surface area (TPSA) is 61.2 Å². The van der Waals surface area contributed by atoms with E-state index in [4.69, 9.17) is 10.2 Å². The van der Waals surface area contributed by atoms with Crippen LogP contribution >= 0.6 is 0 Å². The summed E-state index contributed by atoms with van der Waals surface area (Å²) in [6.45, 7) is 0.292. The van der Waals surface area contributed by atoms with Gasteiger partial charge in [-0.1, -0.05) is 18.2 Å². The van der Waals surface area contributed by atoms with Gasteiger partial charge in [-0.2, -0.15) is 0 Å². The molecule has 4 nitrogen and oxygen atoms in total. The summed E-state index contributed by atoms with van der Waals surface area (Å²) in [6.07, 6.45) is 0. The van der Waals surface area contributed by atoms with Crippen LogP contribution in [0.1, 0.15) is 5.56 Å². The predicted octanol–water partition coefficient (Wildman–Crippen LogP) is 2.36. The van der Waals surface area contributed by atoms with Crippen LogP contribution in [-0.4, -0.2) is 4.57 Å². The van der Waals surface area contributed by atoms with Crippen molar-refractivity contribution in [2.75, 3.05) is 5.73 Å². The van der Waals surface area contributed by atoms with E-state index in [0.717, 1.165) is 5.56 Å². The SMILES string of the molecule is Nc1cccc2oc(=O)n(Cc3ccc(F)cc3)c12. The van der Waals surface area contributed by atoms with Gasteiger partial charge in [0.05, 0.1) is 12.2 Å². The van der Waals surface area contributed by atoms with Crippen molar-refractivity contribution in [1.82, 2.24) is 4.57 Å². The highest BCUT2D eigenvalue weighted by molar-refractivity contribution is 5.85. The van der Waals surface area contributed by atoms with E-state index in [1.165, 1.54) is 16.7 Å². The molecular formula is C14H11FN2O2. The van der Waals surface area contributed by atoms with Crippen LogP contribution in [0.4, 0.5) is 10.1 Å². The van der Waals surface area contributed by atoms with Crippen LogP contribution in [0.3, 0.4) is 0 Å². The number of hydrogen-bond acceptors (Lipinski definition) is 3. The molecule has 0 radical (unpaired) electrons. The minimum absolute atomic E-state index is 0.292. The molecule has 1 heterocycles. The Kier molecular flexibility index (Phi) is 2.59. The number of nitrogen functional groups attached to an aromatic ring is 1. The van der Waals surface area contributed by atoms with Crippen molar-refractivity contribution in [2.45, 2.75) is 6.54 Å². The van der Waals surface area contributed by atoms with E-state index in [-0.39, 0.29) is 5.82 Å². The Morgan fingerprint density at radius 2 is 1.89 bits per heavy atom. The molecule has 0 aliphatic heterocycles. The number of halogens is 1. The number of aromatic nitrogens is 1. The fraction of sp³-hybridized carbons (Fsp3) is 0.0714. The molecule has 5 heteroatoms. The standard InChI is InChI=1S/C14H11FN2O2/c15-10-6-4-9(5-7-10)8-17-13-11(16)2-1-3-12(13)19-14(17)18/h1-7H,8,16H2. The molecule has 0 unspecified atom stereocenters. The van der Waals surface area contributed by atoms with E-state index in [0.29, 0.717) is 23.3 Å². The lowest BCUT2D eigenvalue weighted by Gasteiger charge is -2.04. The van der Waals surface area contributed by atoms with Crippen LogP contribution in [0.25, 0.3) is 11.1 Å². The second-order valence-electron chi connectivity index (χ2n) is 4.27. The third-order valence-electron chi connectivity index (χ3n) is 2.97. The van der Waals surface area contributed by atoms with Gasteiger partial charge < -0.3 is 10.2 Å². The Labute approximate surface area is 107 Å². The first-order valence-electron chi connectivity index (χ1n) is 5.77. The molecule has 19 heavy (non-hydrogen) atoms. The summed E-state index contributed by atoms with van der Waals surface area (Å²) in [7, 11) is 0. The van der Waals surface area contributed by atoms with Crippen LogP contribution in [0.15, 0.2) is 51.7 Å². The van der Waals surface area contributed by atoms with Gasteiger partial charge in [0, 0.05) is 0 Å². The van der Waals surface area contributed by atoms with E-state index in [1.54, 1.807) is 30.3 Å². The molecule has 3 aromatic rings. The number of benzene rings is 2. The van der Waals surface area contributed by atoms with Crippen molar-refractivity contribution in [1.29, 1.82) is 0 Å². The summed E-state index contributed by atoms with van der Waals surface area (Å²) in [4.78, 5) is 11.8. The first-order valence-corrected chi connectivity index (χ1v) is 5.77. The smallest absolute Gasteiger partial charge is 0.408 e. The maximum atomic E-state index is 12.9. The van der Waals surface area contributed by atoms with Crippen molar-refractivity contribution >= 4 is 16.8 Å². The molecule has 2 N–H and O–H groups in total. The van der Waals surface area contributed by atoms with Gasteiger partial charge in [-0.25, -0.2) is 9.18 Å². The number of rotatable bonds is 2. The summed E-state index contributed by atoms with van der Waals surface area (Å²) in [6, 6.07) is 11.1. The molecule has 0 aliphatic carbocycles. The Hall–Kier alpha value is -2.56. The number of anilines is 1. The normalized spacial score (nSPS) is 11.0. The largest absolute Gasteiger partial charge is 0.420 e. The molecule has 0 saturated heterocycles. The lowest BCUT2D eigenvalue weighted by molar-refractivity contribution is 0.517. The molecule has 0 fully saturated rings. The molecule has 96 valence electrons. The molecule has 0 atom stereocenters. The third-order valence-corrected chi connectivity index (χ3v) is 2.97. The molecule has 1 aromatic heterocycles. The van der Waals surface area contributed by atoms with Gasteiger partial charge >= 0.3 is 5.76 Å². The highest BCUT2D eigenvalue weighted by atomic mass is 19.1. The van der Waals surface area contributed by atoms with Gasteiger partial charge in [0.2, 0.25) is 0 Å². The first kappa shape index (κ1) is 11.5. The number of nitrogens with two attached hydrogens (primary N) is 1. The molecule has 0 bridgehead atoms. The van der Waals surface area contributed by atoms with Crippen LogP contribution in [0, 0.1) is 5.82 Å². The van der Waals surface area contributed by atoms with E-state index in [9.17, 15) is 9.18 Å². The van der Waals surface area contributed by atoms with Gasteiger partial charge in [-0.05, 0) is 29.8 Å². The lowest BCUT2D eigenvalue weighted by Crippen LogP contribution is -2.15. The number of fused-ring (bicyclic) bond motifs is 1. The average molecular weight is 258 g/mol. The summed E-state index contributed by atoms with van der Waals surface area (Å²) < 4.78 is 19.4. The maximum Gasteiger partial charge on any atom is 0.420 e. The molecule has 0 amide bonds. The Bertz CT molecular complexity index is 787. The Morgan fingerprint density at radius 1 is 1.16 bits per heavy atom. The zero-order chi connectivity index (χ0) is 13.4. The fourth-order valence-electron chi connectivity index (χ4n) is 2.07. The van der Waals surface area contributed by atoms with Crippen molar-refractivity contribution < 1.29 is 8.81 Å². The van der Waals surface area contributed by atoms with Crippen LogP contribution < -0.4 is 11.5 Å². The Morgan fingerprint density at radius 3 is 2.63 bits per heavy atom. The van der Waals surface area contributed by atoms with Crippen LogP contribution in [0.2, 0.25) is 0 Å². The number of nitrogens with zero attached hydrogens (tertiary/aromatic N) is 1. The van der Waals surface area contributed by atoms with Crippen molar-refractivity contribution in [3.63, 3.8) is 0 Å². The summed E-state index contributed by atoms with van der Waals surface area (Å²) in [5.74, 6) is -0.787. The van der Waals surface area contributed by atoms with E-state index in [1.807, 2.05) is 0 Å². The highest BCUT2D eigenvalue weighted by Gasteiger charge is 2.11. The van der Waals surface area contributed by atoms with Crippen LogP contribution in [0.5, 0.6) is 0 Å². The van der Waals surface area contributed by atoms with Gasteiger partial charge in [-0.3, -0.25) is 4.57 Å². The number of hydrogen-bond donors (Lipinski definition) is 1. The second kappa shape index (κ2) is 4.28. The second-order valence-corrected chi connectivity index (χ2v) is 4.27. The fourth-order valence-corrected chi connectivity index (χ4v) is 2.07. The van der Waals surface area contributed by atoms with Gasteiger partial charge in [0.1, 0.15) is 11.3 Å². The minimum atomic E-state index is -0.475. The molecule has 0 spiro atoms. The third kappa shape index (κ3) is 1.99. The summed E-state index contributed by atoms with van der Waals surface area (Å²) >= 11 is 0. The van der Waals surface area contributed by atoms with Crippen molar-refractivity contribution in [3.05, 3.63) is 64.4 Å². The average Bonchev–Trinajstić information content (AvgIpc) is 2.70. The molecule has 2 aromatic carbocycles.